The number of carbonyl (C=O) groups excluding carboxylic acids is 1. The number of halogens is 2. The summed E-state index contributed by atoms with van der Waals surface area (Å²) in [7, 11) is 0. The molecule has 8 heteroatoms. The molecule has 5 nitrogen and oxygen atoms in total. The normalized spacial score (nSPS) is 16.1. The van der Waals surface area contributed by atoms with E-state index in [1.54, 1.807) is 62.4 Å². The zero-order valence-electron chi connectivity index (χ0n) is 16.8. The first-order valence-corrected chi connectivity index (χ1v) is 10.8. The van der Waals surface area contributed by atoms with E-state index in [0.717, 1.165) is 5.56 Å². The van der Waals surface area contributed by atoms with Crippen LogP contribution in [0, 0.1) is 5.82 Å². The Morgan fingerprint density at radius 1 is 1.26 bits per heavy atom. The van der Waals surface area contributed by atoms with Gasteiger partial charge < -0.3 is 4.74 Å². The lowest BCUT2D eigenvalue weighted by Crippen LogP contribution is -2.40. The van der Waals surface area contributed by atoms with Crippen LogP contribution in [0.15, 0.2) is 69.6 Å². The van der Waals surface area contributed by atoms with Gasteiger partial charge in [-0.25, -0.2) is 14.2 Å². The molecule has 0 amide bonds. The van der Waals surface area contributed by atoms with Gasteiger partial charge in [-0.2, -0.15) is 0 Å². The predicted octanol–water partition coefficient (Wildman–Crippen LogP) is 3.59. The second kappa shape index (κ2) is 8.61. The first kappa shape index (κ1) is 21.2. The lowest BCUT2D eigenvalue weighted by atomic mass is 9.95. The second-order valence-corrected chi connectivity index (χ2v) is 8.32. The maximum absolute atomic E-state index is 14.8. The minimum absolute atomic E-state index is 0.150. The highest BCUT2D eigenvalue weighted by Crippen LogP contribution is 2.32. The number of ether oxygens (including phenoxy) is 1. The highest BCUT2D eigenvalue weighted by atomic mass is 35.5. The summed E-state index contributed by atoms with van der Waals surface area (Å²) in [4.78, 5) is 31.0. The Morgan fingerprint density at radius 2 is 1.97 bits per heavy atom. The smallest absolute Gasteiger partial charge is 0.338 e. The third kappa shape index (κ3) is 3.98. The van der Waals surface area contributed by atoms with Crippen molar-refractivity contribution in [2.24, 2.45) is 4.99 Å². The zero-order chi connectivity index (χ0) is 22.1. The SMILES string of the molecule is CCOC(=O)C1=C(C)N=c2sc(=Cc3ccc(Cl)cc3)c(=O)n2[C@H]1c1ccccc1F. The van der Waals surface area contributed by atoms with E-state index in [9.17, 15) is 14.0 Å². The predicted molar refractivity (Wildman–Crippen MR) is 118 cm³/mol. The summed E-state index contributed by atoms with van der Waals surface area (Å²) in [5.74, 6) is -1.14. The molecule has 3 aromatic rings. The molecule has 0 aliphatic carbocycles. The lowest BCUT2D eigenvalue weighted by molar-refractivity contribution is -0.139. The number of fused-ring (bicyclic) bond motifs is 1. The molecule has 1 aliphatic rings. The largest absolute Gasteiger partial charge is 0.463 e. The number of hydrogen-bond donors (Lipinski definition) is 0. The summed E-state index contributed by atoms with van der Waals surface area (Å²) in [6.45, 7) is 3.50. The molecule has 0 bridgehead atoms. The fourth-order valence-corrected chi connectivity index (χ4v) is 4.67. The summed E-state index contributed by atoms with van der Waals surface area (Å²) < 4.78 is 21.8. The van der Waals surface area contributed by atoms with E-state index in [1.807, 2.05) is 0 Å². The molecule has 158 valence electrons. The van der Waals surface area contributed by atoms with E-state index in [0.29, 0.717) is 20.1 Å². The molecule has 0 spiro atoms. The van der Waals surface area contributed by atoms with E-state index in [2.05, 4.69) is 4.99 Å². The number of carbonyl (C=O) groups is 1. The average Bonchev–Trinajstić information content (AvgIpc) is 3.04. The quantitative estimate of drug-likeness (QED) is 0.564. The molecule has 0 radical (unpaired) electrons. The number of aromatic nitrogens is 1. The lowest BCUT2D eigenvalue weighted by Gasteiger charge is -2.24. The summed E-state index contributed by atoms with van der Waals surface area (Å²) in [6.07, 6.45) is 1.72. The monoisotopic (exact) mass is 456 g/mol. The summed E-state index contributed by atoms with van der Waals surface area (Å²) in [6, 6.07) is 12.2. The molecule has 1 atom stereocenters. The van der Waals surface area contributed by atoms with Gasteiger partial charge in [0.2, 0.25) is 0 Å². The highest BCUT2D eigenvalue weighted by molar-refractivity contribution is 7.07. The molecule has 2 aromatic carbocycles. The van der Waals surface area contributed by atoms with Crippen molar-refractivity contribution in [3.63, 3.8) is 0 Å². The molecular formula is C23H18ClFN2O3S. The molecule has 1 aliphatic heterocycles. The van der Waals surface area contributed by atoms with Crippen molar-refractivity contribution in [3.8, 4) is 0 Å². The van der Waals surface area contributed by atoms with Crippen LogP contribution in [0.3, 0.4) is 0 Å². The number of allylic oxidation sites excluding steroid dienone is 1. The van der Waals surface area contributed by atoms with E-state index in [-0.39, 0.29) is 23.3 Å². The topological polar surface area (TPSA) is 60.7 Å². The number of rotatable bonds is 4. The molecule has 0 N–H and O–H groups in total. The van der Waals surface area contributed by atoms with Gasteiger partial charge in [-0.15, -0.1) is 0 Å². The van der Waals surface area contributed by atoms with Crippen LogP contribution in [0.1, 0.15) is 31.0 Å². The maximum atomic E-state index is 14.8. The van der Waals surface area contributed by atoms with E-state index >= 15 is 0 Å². The summed E-state index contributed by atoms with van der Waals surface area (Å²) in [5, 5.41) is 0.591. The molecular weight excluding hydrogens is 439 g/mol. The standard InChI is InChI=1S/C23H18ClFN2O3S/c1-3-30-22(29)19-13(2)26-23-27(20(19)16-6-4-5-7-17(16)25)21(28)18(31-23)12-14-8-10-15(24)11-9-14/h4-12,20H,3H2,1-2H3/t20-/m0/s1. The molecule has 0 unspecified atom stereocenters. The Morgan fingerprint density at radius 3 is 2.65 bits per heavy atom. The van der Waals surface area contributed by atoms with E-state index in [4.69, 9.17) is 16.3 Å². The molecule has 1 aromatic heterocycles. The summed E-state index contributed by atoms with van der Waals surface area (Å²) in [5.41, 5.74) is 1.18. The highest BCUT2D eigenvalue weighted by Gasteiger charge is 2.34. The molecule has 0 saturated carbocycles. The fraction of sp³-hybridized carbons (Fsp3) is 0.174. The number of nitrogens with zero attached hydrogens (tertiary/aromatic N) is 2. The maximum Gasteiger partial charge on any atom is 0.338 e. The van der Waals surface area contributed by atoms with E-state index in [1.165, 1.54) is 22.0 Å². The average molecular weight is 457 g/mol. The van der Waals surface area contributed by atoms with Gasteiger partial charge in [0.05, 0.1) is 22.4 Å². The zero-order valence-corrected chi connectivity index (χ0v) is 18.3. The van der Waals surface area contributed by atoms with Crippen LogP contribution in [0.5, 0.6) is 0 Å². The van der Waals surface area contributed by atoms with Gasteiger partial charge in [0.15, 0.2) is 4.80 Å². The number of esters is 1. The van der Waals surface area contributed by atoms with Crippen LogP contribution in [0.25, 0.3) is 6.08 Å². The van der Waals surface area contributed by atoms with Crippen molar-refractivity contribution in [3.05, 3.63) is 101 Å². The minimum atomic E-state index is -0.969. The van der Waals surface area contributed by atoms with Gasteiger partial charge in [0.1, 0.15) is 11.9 Å². The van der Waals surface area contributed by atoms with Gasteiger partial charge in [0.25, 0.3) is 5.56 Å². The van der Waals surface area contributed by atoms with Gasteiger partial charge in [-0.1, -0.05) is 53.3 Å². The van der Waals surface area contributed by atoms with Crippen LogP contribution >= 0.6 is 22.9 Å². The van der Waals surface area contributed by atoms with Crippen molar-refractivity contribution in [1.82, 2.24) is 4.57 Å². The molecule has 2 heterocycles. The Balaban J connectivity index is 1.97. The van der Waals surface area contributed by atoms with Crippen molar-refractivity contribution in [1.29, 1.82) is 0 Å². The van der Waals surface area contributed by atoms with Gasteiger partial charge in [0, 0.05) is 10.6 Å². The van der Waals surface area contributed by atoms with Gasteiger partial charge in [-0.3, -0.25) is 9.36 Å². The van der Waals surface area contributed by atoms with E-state index < -0.39 is 17.8 Å². The Kier molecular flexibility index (Phi) is 5.89. The third-order valence-electron chi connectivity index (χ3n) is 4.88. The Labute approximate surface area is 186 Å². The van der Waals surface area contributed by atoms with Crippen molar-refractivity contribution < 1.29 is 13.9 Å². The second-order valence-electron chi connectivity index (χ2n) is 6.88. The van der Waals surface area contributed by atoms with Crippen LogP contribution in [-0.4, -0.2) is 17.1 Å². The fourth-order valence-electron chi connectivity index (χ4n) is 3.49. The van der Waals surface area contributed by atoms with Crippen LogP contribution in [0.2, 0.25) is 5.02 Å². The van der Waals surface area contributed by atoms with Crippen molar-refractivity contribution in [2.75, 3.05) is 6.61 Å². The Hall–Kier alpha value is -3.03. The van der Waals surface area contributed by atoms with Crippen molar-refractivity contribution >= 4 is 35.0 Å². The van der Waals surface area contributed by atoms with Crippen LogP contribution < -0.4 is 14.9 Å². The molecule has 0 saturated heterocycles. The third-order valence-corrected chi connectivity index (χ3v) is 6.12. The van der Waals surface area contributed by atoms with Crippen LogP contribution in [-0.2, 0) is 9.53 Å². The first-order chi connectivity index (χ1) is 14.9. The molecule has 4 rings (SSSR count). The van der Waals surface area contributed by atoms with Crippen molar-refractivity contribution in [2.45, 2.75) is 19.9 Å². The minimum Gasteiger partial charge on any atom is -0.463 e. The number of benzene rings is 2. The van der Waals surface area contributed by atoms with Gasteiger partial charge >= 0.3 is 5.97 Å². The van der Waals surface area contributed by atoms with Gasteiger partial charge in [-0.05, 0) is 43.7 Å². The molecule has 31 heavy (non-hydrogen) atoms. The Bertz CT molecular complexity index is 1370. The first-order valence-electron chi connectivity index (χ1n) is 9.60. The number of hydrogen-bond acceptors (Lipinski definition) is 5. The molecule has 0 fully saturated rings. The summed E-state index contributed by atoms with van der Waals surface area (Å²) >= 11 is 7.12. The van der Waals surface area contributed by atoms with Crippen LogP contribution in [0.4, 0.5) is 4.39 Å². The number of thiazole rings is 1.